The minimum absolute atomic E-state index is 0.540. The molecule has 0 fully saturated rings. The average molecular weight is 215 g/mol. The Balaban J connectivity index is 2.40. The summed E-state index contributed by atoms with van der Waals surface area (Å²) in [6.07, 6.45) is 1.84. The molecule has 0 aliphatic carbocycles. The van der Waals surface area contributed by atoms with E-state index in [0.29, 0.717) is 5.62 Å². The van der Waals surface area contributed by atoms with Gasteiger partial charge in [0.15, 0.2) is 0 Å². The summed E-state index contributed by atoms with van der Waals surface area (Å²) in [6, 6.07) is 2.11. The zero-order valence-corrected chi connectivity index (χ0v) is 9.36. The number of rotatable bonds is 0. The van der Waals surface area contributed by atoms with Crippen LogP contribution >= 0.6 is 0 Å². The van der Waals surface area contributed by atoms with Gasteiger partial charge < -0.3 is 9.88 Å². The molecule has 5 heteroatoms. The van der Waals surface area contributed by atoms with E-state index >= 15 is 0 Å². The second kappa shape index (κ2) is 3.30. The highest BCUT2D eigenvalue weighted by molar-refractivity contribution is 5.64. The number of aryl methyl sites for hydroxylation is 1. The Kier molecular flexibility index (Phi) is 1.92. The molecule has 0 radical (unpaired) electrons. The van der Waals surface area contributed by atoms with Crippen molar-refractivity contribution in [3.05, 3.63) is 23.4 Å². The first kappa shape index (κ1) is 9.33. The molecule has 0 aromatic heterocycles. The van der Waals surface area contributed by atoms with Gasteiger partial charge in [0.1, 0.15) is 11.6 Å². The first-order valence-corrected chi connectivity index (χ1v) is 5.33. The lowest BCUT2D eigenvalue weighted by atomic mass is 10.1. The van der Waals surface area contributed by atoms with E-state index in [-0.39, 0.29) is 0 Å². The summed E-state index contributed by atoms with van der Waals surface area (Å²) in [4.78, 5) is 12.6. The summed E-state index contributed by atoms with van der Waals surface area (Å²) in [5.41, 5.74) is 2.84. The molecule has 0 aromatic carbocycles. The van der Waals surface area contributed by atoms with Crippen LogP contribution in [0.15, 0.2) is 17.3 Å². The normalized spacial score (nSPS) is 15.2. The van der Waals surface area contributed by atoms with Crippen molar-refractivity contribution in [2.45, 2.75) is 13.5 Å². The zero-order chi connectivity index (χ0) is 11.1. The van der Waals surface area contributed by atoms with Crippen molar-refractivity contribution >= 4 is 5.82 Å². The van der Waals surface area contributed by atoms with Crippen LogP contribution in [0.1, 0.15) is 5.56 Å². The maximum absolute atomic E-state index is 4.45. The second-order valence-electron chi connectivity index (χ2n) is 3.93. The van der Waals surface area contributed by atoms with E-state index in [1.807, 2.05) is 6.20 Å². The van der Waals surface area contributed by atoms with Crippen LogP contribution in [0.25, 0.3) is 11.4 Å². The van der Waals surface area contributed by atoms with E-state index in [4.69, 9.17) is 0 Å². The largest absolute Gasteiger partial charge is 0.369 e. The lowest BCUT2D eigenvalue weighted by Crippen LogP contribution is -2.17. The van der Waals surface area contributed by atoms with E-state index in [9.17, 15) is 0 Å². The van der Waals surface area contributed by atoms with Crippen LogP contribution in [0.3, 0.4) is 0 Å². The van der Waals surface area contributed by atoms with Gasteiger partial charge in [-0.05, 0) is 18.6 Å². The molecule has 16 heavy (non-hydrogen) atoms. The Morgan fingerprint density at radius 3 is 3.19 bits per heavy atom. The standard InChI is InChI=1S/C11H13N5/c1-7-5-8-6-14-11(12-2)15-10(8)16-4-3-13-9(7)16/h5-6,13H,3-4H2,1-2H3. The molecule has 82 valence electrons. The van der Waals surface area contributed by atoms with Crippen LogP contribution in [0, 0.1) is 6.92 Å². The number of nitrogens with one attached hydrogen (secondary N) is 1. The van der Waals surface area contributed by atoms with Gasteiger partial charge in [-0.25, -0.2) is 4.98 Å². The first-order chi connectivity index (χ1) is 7.79. The number of hydrogen-bond donors (Lipinski definition) is 1. The van der Waals surface area contributed by atoms with Crippen molar-refractivity contribution in [1.82, 2.24) is 14.5 Å². The van der Waals surface area contributed by atoms with Crippen molar-refractivity contribution in [3.8, 4) is 11.4 Å². The van der Waals surface area contributed by atoms with Crippen molar-refractivity contribution < 1.29 is 0 Å². The molecular weight excluding hydrogens is 202 g/mol. The summed E-state index contributed by atoms with van der Waals surface area (Å²) < 4.78 is 2.20. The number of nitrogens with zero attached hydrogens (tertiary/aromatic N) is 4. The monoisotopic (exact) mass is 215 g/mol. The molecule has 0 aromatic rings. The van der Waals surface area contributed by atoms with Gasteiger partial charge in [0.05, 0.1) is 0 Å². The van der Waals surface area contributed by atoms with Crippen molar-refractivity contribution in [2.24, 2.45) is 4.99 Å². The Hall–Kier alpha value is -1.91. The number of aromatic nitrogens is 3. The van der Waals surface area contributed by atoms with Crippen molar-refractivity contribution in [1.29, 1.82) is 0 Å². The molecule has 3 heterocycles. The third-order valence-electron chi connectivity index (χ3n) is 2.88. The van der Waals surface area contributed by atoms with Crippen LogP contribution < -0.4 is 10.9 Å². The number of anilines is 1. The van der Waals surface area contributed by atoms with Gasteiger partial charge in [0.25, 0.3) is 0 Å². The average Bonchev–Trinajstić information content (AvgIpc) is 2.78. The van der Waals surface area contributed by atoms with Crippen LogP contribution in [0.5, 0.6) is 0 Å². The highest BCUT2D eigenvalue weighted by atomic mass is 15.2. The molecule has 0 atom stereocenters. The highest BCUT2D eigenvalue weighted by Crippen LogP contribution is 2.28. The van der Waals surface area contributed by atoms with Gasteiger partial charge in [0, 0.05) is 31.9 Å². The predicted molar refractivity (Wildman–Crippen MR) is 61.4 cm³/mol. The highest BCUT2D eigenvalue weighted by Gasteiger charge is 2.18. The number of hydrogen-bond acceptors (Lipinski definition) is 4. The van der Waals surface area contributed by atoms with Crippen LogP contribution in [0.2, 0.25) is 0 Å². The van der Waals surface area contributed by atoms with E-state index in [1.165, 1.54) is 5.56 Å². The summed E-state index contributed by atoms with van der Waals surface area (Å²) in [6.45, 7) is 4.01. The van der Waals surface area contributed by atoms with Crippen LogP contribution in [0.4, 0.5) is 5.82 Å². The third-order valence-corrected chi connectivity index (χ3v) is 2.88. The fourth-order valence-electron chi connectivity index (χ4n) is 2.16. The number of fused-ring (bicyclic) bond motifs is 3. The molecule has 0 amide bonds. The Morgan fingerprint density at radius 2 is 2.38 bits per heavy atom. The van der Waals surface area contributed by atoms with Gasteiger partial charge in [-0.1, -0.05) is 0 Å². The van der Waals surface area contributed by atoms with E-state index in [0.717, 1.165) is 30.3 Å². The van der Waals surface area contributed by atoms with Crippen LogP contribution in [-0.4, -0.2) is 28.1 Å². The van der Waals surface area contributed by atoms with E-state index < -0.39 is 0 Å². The summed E-state index contributed by atoms with van der Waals surface area (Å²) in [5.74, 6) is 2.12. The van der Waals surface area contributed by atoms with Gasteiger partial charge in [-0.3, -0.25) is 4.99 Å². The molecule has 5 nitrogen and oxygen atoms in total. The maximum atomic E-state index is 4.45. The number of pyridine rings is 1. The van der Waals surface area contributed by atoms with Crippen molar-refractivity contribution in [2.75, 3.05) is 18.9 Å². The second-order valence-corrected chi connectivity index (χ2v) is 3.93. The van der Waals surface area contributed by atoms with Crippen LogP contribution in [-0.2, 0) is 6.54 Å². The van der Waals surface area contributed by atoms with E-state index in [2.05, 4.69) is 37.8 Å². The lowest BCUT2D eigenvalue weighted by Gasteiger charge is -2.14. The predicted octanol–water partition coefficient (Wildman–Crippen LogP) is 0.647. The topological polar surface area (TPSA) is 55.1 Å². The fourth-order valence-corrected chi connectivity index (χ4v) is 2.16. The smallest absolute Gasteiger partial charge is 0.246 e. The zero-order valence-electron chi connectivity index (χ0n) is 9.36. The maximum Gasteiger partial charge on any atom is 0.246 e. The molecule has 0 unspecified atom stereocenters. The Bertz CT molecular complexity index is 584. The fraction of sp³-hybridized carbons (Fsp3) is 0.364. The SMILES string of the molecule is CN=c1ncc2cc(C)c3n(c-2n1)CCN3. The molecule has 1 N–H and O–H groups in total. The molecule has 0 saturated heterocycles. The molecular formula is C11H13N5. The molecule has 0 saturated carbocycles. The summed E-state index contributed by atoms with van der Waals surface area (Å²) >= 11 is 0. The Morgan fingerprint density at radius 1 is 1.50 bits per heavy atom. The Labute approximate surface area is 93.2 Å². The molecule has 3 rings (SSSR count). The molecule has 3 aliphatic rings. The molecule has 0 bridgehead atoms. The van der Waals surface area contributed by atoms with Gasteiger partial charge in [0.2, 0.25) is 5.62 Å². The quantitative estimate of drug-likeness (QED) is 0.702. The molecule has 3 aliphatic heterocycles. The summed E-state index contributed by atoms with van der Waals surface area (Å²) in [7, 11) is 1.71. The van der Waals surface area contributed by atoms with Crippen molar-refractivity contribution in [3.63, 3.8) is 0 Å². The molecule has 0 spiro atoms. The summed E-state index contributed by atoms with van der Waals surface area (Å²) in [5, 5.41) is 3.37. The first-order valence-electron chi connectivity index (χ1n) is 5.33. The lowest BCUT2D eigenvalue weighted by molar-refractivity contribution is 0.776. The minimum atomic E-state index is 0.540. The van der Waals surface area contributed by atoms with Gasteiger partial charge in [-0.15, -0.1) is 0 Å². The third kappa shape index (κ3) is 1.21. The van der Waals surface area contributed by atoms with Gasteiger partial charge in [-0.2, -0.15) is 4.98 Å². The van der Waals surface area contributed by atoms with Gasteiger partial charge >= 0.3 is 0 Å². The minimum Gasteiger partial charge on any atom is -0.369 e. The van der Waals surface area contributed by atoms with E-state index in [1.54, 1.807) is 7.05 Å².